The summed E-state index contributed by atoms with van der Waals surface area (Å²) in [7, 11) is 3.78. The average Bonchev–Trinajstić information content (AvgIpc) is 2.67. The molecule has 1 aromatic carbocycles. The summed E-state index contributed by atoms with van der Waals surface area (Å²) < 4.78 is 18.5. The van der Waals surface area contributed by atoms with E-state index in [-0.39, 0.29) is 18.1 Å². The van der Waals surface area contributed by atoms with Crippen molar-refractivity contribution in [3.05, 3.63) is 35.6 Å². The molecule has 1 amide bonds. The van der Waals surface area contributed by atoms with Gasteiger partial charge in [-0.2, -0.15) is 0 Å². The average molecular weight is 378 g/mol. The van der Waals surface area contributed by atoms with Crippen LogP contribution in [-0.4, -0.2) is 63.7 Å². The van der Waals surface area contributed by atoms with E-state index in [2.05, 4.69) is 20.5 Å². The second-order valence-corrected chi connectivity index (χ2v) is 6.90. The standard InChI is InChI=1S/C20H31FN4O2/c1-22-20(25(2)11-6-16-7-12-27-13-8-16)24-10-9-23-19(26)15-17-4-3-5-18(21)14-17/h3-5,14,16H,6-13,15H2,1-2H3,(H,22,24)(H,23,26). The number of aliphatic imine (C=N–C) groups is 1. The third-order valence-electron chi connectivity index (χ3n) is 4.77. The Morgan fingerprint density at radius 2 is 2.04 bits per heavy atom. The topological polar surface area (TPSA) is 66.0 Å². The van der Waals surface area contributed by atoms with Crippen LogP contribution in [0, 0.1) is 11.7 Å². The van der Waals surface area contributed by atoms with E-state index < -0.39 is 0 Å². The van der Waals surface area contributed by atoms with Crippen molar-refractivity contribution in [2.75, 3.05) is 46.9 Å². The molecule has 1 heterocycles. The van der Waals surface area contributed by atoms with Crippen LogP contribution in [0.1, 0.15) is 24.8 Å². The number of hydrogen-bond donors (Lipinski definition) is 2. The van der Waals surface area contributed by atoms with Crippen molar-refractivity contribution in [1.29, 1.82) is 0 Å². The van der Waals surface area contributed by atoms with Crippen molar-refractivity contribution in [2.24, 2.45) is 10.9 Å². The highest BCUT2D eigenvalue weighted by Crippen LogP contribution is 2.18. The van der Waals surface area contributed by atoms with Crippen molar-refractivity contribution in [3.8, 4) is 0 Å². The molecule has 0 spiro atoms. The molecule has 0 bridgehead atoms. The number of hydrogen-bond acceptors (Lipinski definition) is 3. The molecule has 1 aliphatic heterocycles. The number of ether oxygens (including phenoxy) is 1. The van der Waals surface area contributed by atoms with Crippen LogP contribution in [0.2, 0.25) is 0 Å². The van der Waals surface area contributed by atoms with E-state index in [4.69, 9.17) is 4.74 Å². The van der Waals surface area contributed by atoms with Gasteiger partial charge in [-0.25, -0.2) is 4.39 Å². The minimum absolute atomic E-state index is 0.120. The molecule has 1 aromatic rings. The summed E-state index contributed by atoms with van der Waals surface area (Å²) in [5.74, 6) is 1.10. The fourth-order valence-corrected chi connectivity index (χ4v) is 3.17. The highest BCUT2D eigenvalue weighted by atomic mass is 19.1. The molecule has 7 heteroatoms. The fourth-order valence-electron chi connectivity index (χ4n) is 3.17. The summed E-state index contributed by atoms with van der Waals surface area (Å²) in [5, 5.41) is 6.10. The number of rotatable bonds is 8. The van der Waals surface area contributed by atoms with Crippen LogP contribution in [0.3, 0.4) is 0 Å². The van der Waals surface area contributed by atoms with E-state index in [1.54, 1.807) is 19.2 Å². The van der Waals surface area contributed by atoms with E-state index in [0.717, 1.165) is 50.9 Å². The molecule has 0 aliphatic carbocycles. The number of halogens is 1. The molecule has 1 aliphatic rings. The molecule has 0 saturated carbocycles. The largest absolute Gasteiger partial charge is 0.381 e. The predicted octanol–water partition coefficient (Wildman–Crippen LogP) is 1.81. The normalized spacial score (nSPS) is 15.4. The molecule has 0 aromatic heterocycles. The quantitative estimate of drug-likeness (QED) is 0.411. The first-order valence-corrected chi connectivity index (χ1v) is 9.59. The number of nitrogens with zero attached hydrogens (tertiary/aromatic N) is 2. The molecule has 0 atom stereocenters. The molecular weight excluding hydrogens is 347 g/mol. The third kappa shape index (κ3) is 7.95. The second kappa shape index (κ2) is 11.5. The third-order valence-corrected chi connectivity index (χ3v) is 4.77. The zero-order valence-electron chi connectivity index (χ0n) is 16.3. The van der Waals surface area contributed by atoms with Gasteiger partial charge >= 0.3 is 0 Å². The summed E-state index contributed by atoms with van der Waals surface area (Å²) in [6, 6.07) is 6.11. The van der Waals surface area contributed by atoms with E-state index in [0.29, 0.717) is 18.7 Å². The van der Waals surface area contributed by atoms with E-state index in [9.17, 15) is 9.18 Å². The van der Waals surface area contributed by atoms with Gasteiger partial charge in [-0.05, 0) is 42.9 Å². The minimum Gasteiger partial charge on any atom is -0.381 e. The van der Waals surface area contributed by atoms with Crippen LogP contribution >= 0.6 is 0 Å². The fraction of sp³-hybridized carbons (Fsp3) is 0.600. The summed E-state index contributed by atoms with van der Waals surface area (Å²) in [6.45, 7) is 3.76. The van der Waals surface area contributed by atoms with Crippen molar-refractivity contribution >= 4 is 11.9 Å². The van der Waals surface area contributed by atoms with E-state index in [1.165, 1.54) is 12.1 Å². The Balaban J connectivity index is 1.62. The van der Waals surface area contributed by atoms with Crippen LogP contribution in [0.25, 0.3) is 0 Å². The van der Waals surface area contributed by atoms with Crippen molar-refractivity contribution in [2.45, 2.75) is 25.7 Å². The Bertz CT molecular complexity index is 618. The van der Waals surface area contributed by atoms with Gasteiger partial charge in [-0.1, -0.05) is 12.1 Å². The summed E-state index contributed by atoms with van der Waals surface area (Å²) >= 11 is 0. The van der Waals surface area contributed by atoms with Gasteiger partial charge in [0, 0.05) is 46.9 Å². The van der Waals surface area contributed by atoms with E-state index >= 15 is 0 Å². The lowest BCUT2D eigenvalue weighted by atomic mass is 9.96. The molecule has 27 heavy (non-hydrogen) atoms. The zero-order chi connectivity index (χ0) is 19.5. The van der Waals surface area contributed by atoms with Crippen molar-refractivity contribution in [3.63, 3.8) is 0 Å². The Kier molecular flexibility index (Phi) is 9.04. The molecule has 0 unspecified atom stereocenters. The monoisotopic (exact) mass is 378 g/mol. The highest BCUT2D eigenvalue weighted by molar-refractivity contribution is 5.80. The van der Waals surface area contributed by atoms with Gasteiger partial charge in [0.2, 0.25) is 5.91 Å². The number of nitrogens with one attached hydrogen (secondary N) is 2. The molecule has 6 nitrogen and oxygen atoms in total. The first-order chi connectivity index (χ1) is 13.1. The second-order valence-electron chi connectivity index (χ2n) is 6.90. The lowest BCUT2D eigenvalue weighted by Gasteiger charge is -2.26. The summed E-state index contributed by atoms with van der Waals surface area (Å²) in [6.07, 6.45) is 3.58. The molecule has 1 fully saturated rings. The molecule has 1 saturated heterocycles. The highest BCUT2D eigenvalue weighted by Gasteiger charge is 2.15. The minimum atomic E-state index is -0.324. The van der Waals surface area contributed by atoms with Crippen LogP contribution in [0.4, 0.5) is 4.39 Å². The maximum Gasteiger partial charge on any atom is 0.224 e. The van der Waals surface area contributed by atoms with Gasteiger partial charge in [-0.3, -0.25) is 9.79 Å². The lowest BCUT2D eigenvalue weighted by Crippen LogP contribution is -2.43. The van der Waals surface area contributed by atoms with Gasteiger partial charge in [0.05, 0.1) is 6.42 Å². The Morgan fingerprint density at radius 3 is 2.74 bits per heavy atom. The van der Waals surface area contributed by atoms with E-state index in [1.807, 2.05) is 7.05 Å². The number of carbonyl (C=O) groups excluding carboxylic acids is 1. The lowest BCUT2D eigenvalue weighted by molar-refractivity contribution is -0.120. The first kappa shape index (κ1) is 21.2. The maximum atomic E-state index is 13.1. The predicted molar refractivity (Wildman–Crippen MR) is 105 cm³/mol. The Labute approximate surface area is 161 Å². The summed E-state index contributed by atoms with van der Waals surface area (Å²) in [5.41, 5.74) is 0.670. The molecule has 2 N–H and O–H groups in total. The SMILES string of the molecule is CN=C(NCCNC(=O)Cc1cccc(F)c1)N(C)CCC1CCOCC1. The van der Waals surface area contributed by atoms with Gasteiger partial charge in [0.1, 0.15) is 5.82 Å². The number of amides is 1. The van der Waals surface area contributed by atoms with Gasteiger partial charge in [0.25, 0.3) is 0 Å². The maximum absolute atomic E-state index is 13.1. The van der Waals surface area contributed by atoms with Crippen molar-refractivity contribution < 1.29 is 13.9 Å². The molecule has 2 rings (SSSR count). The van der Waals surface area contributed by atoms with Crippen molar-refractivity contribution in [1.82, 2.24) is 15.5 Å². The first-order valence-electron chi connectivity index (χ1n) is 9.59. The Hall–Kier alpha value is -2.15. The number of benzene rings is 1. The van der Waals surface area contributed by atoms with Gasteiger partial charge < -0.3 is 20.3 Å². The van der Waals surface area contributed by atoms with Gasteiger partial charge in [0.15, 0.2) is 5.96 Å². The zero-order valence-corrected chi connectivity index (χ0v) is 16.3. The smallest absolute Gasteiger partial charge is 0.224 e. The molecular formula is C20H31FN4O2. The molecule has 0 radical (unpaired) electrons. The van der Waals surface area contributed by atoms with Gasteiger partial charge in [-0.15, -0.1) is 0 Å². The van der Waals surface area contributed by atoms with Crippen LogP contribution in [0.5, 0.6) is 0 Å². The molecule has 150 valence electrons. The van der Waals surface area contributed by atoms with Crippen LogP contribution in [0.15, 0.2) is 29.3 Å². The summed E-state index contributed by atoms with van der Waals surface area (Å²) in [4.78, 5) is 18.4. The number of guanidine groups is 1. The number of carbonyl (C=O) groups is 1. The van der Waals surface area contributed by atoms with Crippen LogP contribution < -0.4 is 10.6 Å². The Morgan fingerprint density at radius 1 is 1.30 bits per heavy atom. The van der Waals surface area contributed by atoms with Crippen LogP contribution in [-0.2, 0) is 16.0 Å².